The molecule has 0 saturated carbocycles. The van der Waals surface area contributed by atoms with Gasteiger partial charge in [-0.15, -0.1) is 0 Å². The van der Waals surface area contributed by atoms with Crippen molar-refractivity contribution in [1.29, 1.82) is 0 Å². The number of benzene rings is 2. The number of carbonyl (C=O) groups excluding carboxylic acids is 1. The van der Waals surface area contributed by atoms with Crippen LogP contribution in [0.15, 0.2) is 48.5 Å². The van der Waals surface area contributed by atoms with E-state index in [1.807, 2.05) is 37.3 Å². The van der Waals surface area contributed by atoms with Crippen molar-refractivity contribution >= 4 is 12.0 Å². The van der Waals surface area contributed by atoms with Gasteiger partial charge < -0.3 is 14.8 Å². The molecule has 132 valence electrons. The van der Waals surface area contributed by atoms with Crippen LogP contribution in [-0.4, -0.2) is 26.2 Å². The van der Waals surface area contributed by atoms with E-state index in [9.17, 15) is 9.18 Å². The van der Waals surface area contributed by atoms with Gasteiger partial charge in [-0.05, 0) is 48.7 Å². The van der Waals surface area contributed by atoms with Crippen LogP contribution < -0.4 is 14.8 Å². The van der Waals surface area contributed by atoms with Crippen LogP contribution >= 0.6 is 0 Å². The van der Waals surface area contributed by atoms with E-state index in [-0.39, 0.29) is 18.3 Å². The quantitative estimate of drug-likeness (QED) is 0.797. The average Bonchev–Trinajstić information content (AvgIpc) is 2.61. The molecule has 1 amide bonds. The normalized spacial score (nSPS) is 10.7. The first-order valence-corrected chi connectivity index (χ1v) is 8.07. The minimum Gasteiger partial charge on any atom is -0.493 e. The molecule has 0 spiro atoms. The second kappa shape index (κ2) is 9.47. The Hall–Kier alpha value is -2.82. The number of ether oxygens (including phenoxy) is 2. The van der Waals surface area contributed by atoms with E-state index in [4.69, 9.17) is 9.47 Å². The minimum absolute atomic E-state index is 0.109. The topological polar surface area (TPSA) is 47.6 Å². The highest BCUT2D eigenvalue weighted by Crippen LogP contribution is 2.28. The van der Waals surface area contributed by atoms with Gasteiger partial charge in [0.25, 0.3) is 5.91 Å². The maximum Gasteiger partial charge on any atom is 0.257 e. The van der Waals surface area contributed by atoms with Gasteiger partial charge in [-0.25, -0.2) is 4.39 Å². The zero-order valence-electron chi connectivity index (χ0n) is 14.4. The Morgan fingerprint density at radius 2 is 2.04 bits per heavy atom. The molecule has 0 aliphatic rings. The largest absolute Gasteiger partial charge is 0.493 e. The predicted molar refractivity (Wildman–Crippen MR) is 96.3 cm³/mol. The predicted octanol–water partition coefficient (Wildman–Crippen LogP) is 3.61. The molecule has 25 heavy (non-hydrogen) atoms. The third kappa shape index (κ3) is 5.95. The Morgan fingerprint density at radius 3 is 2.76 bits per heavy atom. The van der Waals surface area contributed by atoms with Crippen LogP contribution in [0.4, 0.5) is 4.39 Å². The standard InChI is InChI=1S/C20H22FNO3/c1-3-5-15-8-9-18(19(13-15)24-2)25-14-20(23)22-11-10-16-6-4-7-17(21)12-16/h3-9,12-13H,10-11,14H2,1-2H3,(H,22,23)/b5-3+. The van der Waals surface area contributed by atoms with Gasteiger partial charge in [-0.2, -0.15) is 0 Å². The van der Waals surface area contributed by atoms with Gasteiger partial charge in [0.2, 0.25) is 0 Å². The molecule has 5 heteroatoms. The van der Waals surface area contributed by atoms with E-state index in [1.165, 1.54) is 12.1 Å². The molecular weight excluding hydrogens is 321 g/mol. The Bertz CT molecular complexity index is 743. The summed E-state index contributed by atoms with van der Waals surface area (Å²) in [4.78, 5) is 11.9. The van der Waals surface area contributed by atoms with Crippen molar-refractivity contribution in [1.82, 2.24) is 5.32 Å². The molecule has 0 radical (unpaired) electrons. The summed E-state index contributed by atoms with van der Waals surface area (Å²) in [5, 5.41) is 2.75. The van der Waals surface area contributed by atoms with E-state index in [1.54, 1.807) is 19.2 Å². The third-order valence-corrected chi connectivity index (χ3v) is 3.53. The van der Waals surface area contributed by atoms with Crippen LogP contribution in [0.1, 0.15) is 18.1 Å². The number of hydrogen-bond acceptors (Lipinski definition) is 3. The fourth-order valence-electron chi connectivity index (χ4n) is 2.33. The van der Waals surface area contributed by atoms with Crippen LogP contribution in [0.3, 0.4) is 0 Å². The summed E-state index contributed by atoms with van der Waals surface area (Å²) >= 11 is 0. The SMILES string of the molecule is C/C=C/c1ccc(OCC(=O)NCCc2cccc(F)c2)c(OC)c1. The number of carbonyl (C=O) groups is 1. The van der Waals surface area contributed by atoms with Gasteiger partial charge in [0.05, 0.1) is 7.11 Å². The number of nitrogens with one attached hydrogen (secondary N) is 1. The van der Waals surface area contributed by atoms with Crippen LogP contribution in [0.5, 0.6) is 11.5 Å². The third-order valence-electron chi connectivity index (χ3n) is 3.53. The smallest absolute Gasteiger partial charge is 0.257 e. The summed E-state index contributed by atoms with van der Waals surface area (Å²) in [6.07, 6.45) is 4.44. The van der Waals surface area contributed by atoms with E-state index < -0.39 is 0 Å². The van der Waals surface area contributed by atoms with Gasteiger partial charge in [0.15, 0.2) is 18.1 Å². The number of allylic oxidation sites excluding steroid dienone is 1. The maximum atomic E-state index is 13.1. The molecular formula is C20H22FNO3. The Kier molecular flexibility index (Phi) is 7.01. The zero-order chi connectivity index (χ0) is 18.1. The Labute approximate surface area is 147 Å². The molecule has 0 heterocycles. The monoisotopic (exact) mass is 343 g/mol. The van der Waals surface area contributed by atoms with E-state index in [2.05, 4.69) is 5.32 Å². The molecule has 0 fully saturated rings. The molecule has 2 aromatic carbocycles. The second-order valence-corrected chi connectivity index (χ2v) is 5.43. The molecule has 1 N–H and O–H groups in total. The van der Waals surface area contributed by atoms with Crippen molar-refractivity contribution in [2.24, 2.45) is 0 Å². The average molecular weight is 343 g/mol. The van der Waals surface area contributed by atoms with Gasteiger partial charge in [-0.3, -0.25) is 4.79 Å². The summed E-state index contributed by atoms with van der Waals surface area (Å²) in [7, 11) is 1.56. The number of hydrogen-bond donors (Lipinski definition) is 1. The van der Waals surface area contributed by atoms with Gasteiger partial charge in [0.1, 0.15) is 5.82 Å². The number of methoxy groups -OCH3 is 1. The van der Waals surface area contributed by atoms with Crippen LogP contribution in [-0.2, 0) is 11.2 Å². The first-order chi connectivity index (χ1) is 12.1. The molecule has 0 aromatic heterocycles. The van der Waals surface area contributed by atoms with Crippen LogP contribution in [0.25, 0.3) is 6.08 Å². The van der Waals surface area contributed by atoms with Gasteiger partial charge in [0, 0.05) is 6.54 Å². The van der Waals surface area contributed by atoms with Crippen molar-refractivity contribution in [3.63, 3.8) is 0 Å². The Balaban J connectivity index is 1.81. The molecule has 2 aromatic rings. The molecule has 2 rings (SSSR count). The highest BCUT2D eigenvalue weighted by atomic mass is 19.1. The molecule has 0 saturated heterocycles. The number of amides is 1. The summed E-state index contributed by atoms with van der Waals surface area (Å²) in [5.74, 6) is 0.566. The number of halogens is 1. The second-order valence-electron chi connectivity index (χ2n) is 5.43. The zero-order valence-corrected chi connectivity index (χ0v) is 14.4. The van der Waals surface area contributed by atoms with Gasteiger partial charge in [-0.1, -0.05) is 30.4 Å². The molecule has 0 unspecified atom stereocenters. The number of rotatable bonds is 8. The van der Waals surface area contributed by atoms with Crippen molar-refractivity contribution in [2.45, 2.75) is 13.3 Å². The fourth-order valence-corrected chi connectivity index (χ4v) is 2.33. The maximum absolute atomic E-state index is 13.1. The lowest BCUT2D eigenvalue weighted by molar-refractivity contribution is -0.123. The lowest BCUT2D eigenvalue weighted by atomic mass is 10.1. The van der Waals surface area contributed by atoms with E-state index in [0.717, 1.165) is 11.1 Å². The van der Waals surface area contributed by atoms with Crippen molar-refractivity contribution in [3.05, 3.63) is 65.5 Å². The van der Waals surface area contributed by atoms with Crippen molar-refractivity contribution < 1.29 is 18.7 Å². The first-order valence-electron chi connectivity index (χ1n) is 8.07. The summed E-state index contributed by atoms with van der Waals surface area (Å²) < 4.78 is 23.9. The van der Waals surface area contributed by atoms with Crippen LogP contribution in [0, 0.1) is 5.82 Å². The highest BCUT2D eigenvalue weighted by Gasteiger charge is 2.08. The fraction of sp³-hybridized carbons (Fsp3) is 0.250. The lowest BCUT2D eigenvalue weighted by Gasteiger charge is -2.11. The molecule has 4 nitrogen and oxygen atoms in total. The summed E-state index contributed by atoms with van der Waals surface area (Å²) in [6.45, 7) is 2.25. The molecule has 0 atom stereocenters. The molecule has 0 bridgehead atoms. The highest BCUT2D eigenvalue weighted by molar-refractivity contribution is 5.77. The summed E-state index contributed by atoms with van der Waals surface area (Å²) in [5.41, 5.74) is 1.83. The van der Waals surface area contributed by atoms with E-state index >= 15 is 0 Å². The molecule has 0 aliphatic heterocycles. The first kappa shape index (κ1) is 18.5. The minimum atomic E-state index is -0.277. The van der Waals surface area contributed by atoms with Gasteiger partial charge >= 0.3 is 0 Å². The summed E-state index contributed by atoms with van der Waals surface area (Å²) in [6, 6.07) is 11.8. The van der Waals surface area contributed by atoms with Crippen LogP contribution in [0.2, 0.25) is 0 Å². The van der Waals surface area contributed by atoms with Crippen molar-refractivity contribution in [3.8, 4) is 11.5 Å². The lowest BCUT2D eigenvalue weighted by Crippen LogP contribution is -2.30. The van der Waals surface area contributed by atoms with E-state index in [0.29, 0.717) is 24.5 Å². The molecule has 0 aliphatic carbocycles. The van der Waals surface area contributed by atoms with Crippen molar-refractivity contribution in [2.75, 3.05) is 20.3 Å². The Morgan fingerprint density at radius 1 is 1.20 bits per heavy atom.